The van der Waals surface area contributed by atoms with Crippen LogP contribution in [0, 0.1) is 0 Å². The molecule has 0 unspecified atom stereocenters. The zero-order valence-electron chi connectivity index (χ0n) is 9.63. The van der Waals surface area contributed by atoms with Crippen molar-refractivity contribution in [1.29, 1.82) is 0 Å². The van der Waals surface area contributed by atoms with Crippen LogP contribution in [0.2, 0.25) is 0 Å². The summed E-state index contributed by atoms with van der Waals surface area (Å²) in [5.74, 6) is -1.06. The summed E-state index contributed by atoms with van der Waals surface area (Å²) in [5, 5.41) is 22.6. The summed E-state index contributed by atoms with van der Waals surface area (Å²) < 4.78 is 0. The Balaban J connectivity index is 2.07. The molecular formula is C11H14N2O4S. The maximum Gasteiger partial charge on any atom is 0.338 e. The molecule has 2 amide bonds. The minimum Gasteiger partial charge on any atom is -0.478 e. The molecule has 1 fully saturated rings. The first kappa shape index (κ1) is 12.8. The van der Waals surface area contributed by atoms with Crippen molar-refractivity contribution in [2.45, 2.75) is 18.9 Å². The lowest BCUT2D eigenvalue weighted by Crippen LogP contribution is -2.40. The Morgan fingerprint density at radius 3 is 3.00 bits per heavy atom. The van der Waals surface area contributed by atoms with Gasteiger partial charge in [0.05, 0.1) is 18.2 Å². The molecule has 7 heteroatoms. The predicted octanol–water partition coefficient (Wildman–Crippen LogP) is 1.43. The van der Waals surface area contributed by atoms with Crippen molar-refractivity contribution in [3.63, 3.8) is 0 Å². The highest BCUT2D eigenvalue weighted by Crippen LogP contribution is 2.25. The summed E-state index contributed by atoms with van der Waals surface area (Å²) in [6.07, 6.45) is 1.63. The Kier molecular flexibility index (Phi) is 3.83. The molecule has 0 aliphatic carbocycles. The molecule has 1 aromatic heterocycles. The Bertz CT molecular complexity index is 460. The van der Waals surface area contributed by atoms with Gasteiger partial charge in [-0.1, -0.05) is 0 Å². The number of anilines is 1. The zero-order valence-corrected chi connectivity index (χ0v) is 10.4. The number of hydrogen-bond acceptors (Lipinski definition) is 4. The van der Waals surface area contributed by atoms with Gasteiger partial charge in [-0.3, -0.25) is 5.32 Å². The zero-order chi connectivity index (χ0) is 13.1. The van der Waals surface area contributed by atoms with E-state index >= 15 is 0 Å². The van der Waals surface area contributed by atoms with Crippen LogP contribution in [-0.2, 0) is 0 Å². The predicted molar refractivity (Wildman–Crippen MR) is 67.1 cm³/mol. The number of carboxylic acid groups (broad SMARTS) is 1. The molecule has 0 saturated carbocycles. The highest BCUT2D eigenvalue weighted by molar-refractivity contribution is 7.14. The number of thiophene rings is 1. The third kappa shape index (κ3) is 2.46. The van der Waals surface area contributed by atoms with Gasteiger partial charge in [-0.05, 0) is 24.3 Å². The summed E-state index contributed by atoms with van der Waals surface area (Å²) in [6.45, 7) is 0.522. The van der Waals surface area contributed by atoms with E-state index in [2.05, 4.69) is 5.32 Å². The van der Waals surface area contributed by atoms with Crippen LogP contribution in [0.15, 0.2) is 11.4 Å². The number of urea groups is 1. The smallest absolute Gasteiger partial charge is 0.338 e. The van der Waals surface area contributed by atoms with Crippen molar-refractivity contribution >= 4 is 28.3 Å². The number of carbonyl (C=O) groups excluding carboxylic acids is 1. The van der Waals surface area contributed by atoms with Gasteiger partial charge in [0.1, 0.15) is 5.00 Å². The van der Waals surface area contributed by atoms with Crippen LogP contribution in [0.4, 0.5) is 9.80 Å². The molecule has 3 N–H and O–H groups in total. The van der Waals surface area contributed by atoms with Crippen LogP contribution in [0.1, 0.15) is 23.2 Å². The van der Waals surface area contributed by atoms with Gasteiger partial charge in [-0.2, -0.15) is 0 Å². The number of aliphatic hydroxyl groups excluding tert-OH is 1. The number of aromatic carboxylic acids is 1. The average molecular weight is 270 g/mol. The third-order valence-corrected chi connectivity index (χ3v) is 3.79. The van der Waals surface area contributed by atoms with Gasteiger partial charge in [0.15, 0.2) is 0 Å². The van der Waals surface area contributed by atoms with E-state index in [9.17, 15) is 9.59 Å². The Labute approximate surface area is 108 Å². The summed E-state index contributed by atoms with van der Waals surface area (Å²) >= 11 is 1.17. The largest absolute Gasteiger partial charge is 0.478 e. The first-order valence-electron chi connectivity index (χ1n) is 5.62. The highest BCUT2D eigenvalue weighted by Gasteiger charge is 2.28. The molecule has 98 valence electrons. The average Bonchev–Trinajstić information content (AvgIpc) is 2.96. The first-order chi connectivity index (χ1) is 8.63. The molecule has 1 aliphatic rings. The standard InChI is InChI=1S/C11H14N2O4S/c14-6-7-2-1-4-13(7)11(17)12-9-8(10(15)16)3-5-18-9/h3,5,7,14H,1-2,4,6H2,(H,12,17)(H,15,16)/t7-/m0/s1. The number of carboxylic acids is 1. The molecular weight excluding hydrogens is 256 g/mol. The molecule has 2 heterocycles. The van der Waals surface area contributed by atoms with Gasteiger partial charge in [0, 0.05) is 6.54 Å². The Hall–Kier alpha value is -1.60. The number of nitrogens with one attached hydrogen (secondary N) is 1. The second kappa shape index (κ2) is 5.36. The van der Waals surface area contributed by atoms with Gasteiger partial charge >= 0.3 is 12.0 Å². The van der Waals surface area contributed by atoms with Crippen LogP contribution in [0.5, 0.6) is 0 Å². The third-order valence-electron chi connectivity index (χ3n) is 2.96. The quantitative estimate of drug-likeness (QED) is 0.775. The van der Waals surface area contributed by atoms with E-state index in [1.807, 2.05) is 0 Å². The van der Waals surface area contributed by atoms with Crippen molar-refractivity contribution in [3.05, 3.63) is 17.0 Å². The van der Waals surface area contributed by atoms with Crippen molar-refractivity contribution in [1.82, 2.24) is 4.90 Å². The van der Waals surface area contributed by atoms with Crippen molar-refractivity contribution in [2.75, 3.05) is 18.5 Å². The number of aliphatic hydroxyl groups is 1. The number of likely N-dealkylation sites (tertiary alicyclic amines) is 1. The van der Waals surface area contributed by atoms with Gasteiger partial charge < -0.3 is 15.1 Å². The van der Waals surface area contributed by atoms with Crippen LogP contribution in [0.3, 0.4) is 0 Å². The fourth-order valence-electron chi connectivity index (χ4n) is 2.04. The maximum absolute atomic E-state index is 12.0. The fraction of sp³-hybridized carbons (Fsp3) is 0.455. The molecule has 18 heavy (non-hydrogen) atoms. The molecule has 6 nitrogen and oxygen atoms in total. The number of hydrogen-bond donors (Lipinski definition) is 3. The minimum atomic E-state index is -1.06. The summed E-state index contributed by atoms with van der Waals surface area (Å²) in [6, 6.07) is 0.936. The maximum atomic E-state index is 12.0. The van der Waals surface area contributed by atoms with E-state index in [1.165, 1.54) is 17.4 Å². The van der Waals surface area contributed by atoms with E-state index in [1.54, 1.807) is 10.3 Å². The van der Waals surface area contributed by atoms with E-state index in [4.69, 9.17) is 10.2 Å². The topological polar surface area (TPSA) is 89.9 Å². The Morgan fingerprint density at radius 1 is 1.56 bits per heavy atom. The Morgan fingerprint density at radius 2 is 2.33 bits per heavy atom. The fourth-order valence-corrected chi connectivity index (χ4v) is 2.81. The number of carbonyl (C=O) groups is 2. The molecule has 1 atom stereocenters. The van der Waals surface area contributed by atoms with E-state index < -0.39 is 5.97 Å². The van der Waals surface area contributed by atoms with Crippen LogP contribution in [-0.4, -0.2) is 46.3 Å². The molecule has 0 spiro atoms. The van der Waals surface area contributed by atoms with Crippen molar-refractivity contribution in [2.24, 2.45) is 0 Å². The molecule has 0 bridgehead atoms. The van der Waals surface area contributed by atoms with E-state index in [-0.39, 0.29) is 24.2 Å². The van der Waals surface area contributed by atoms with Crippen LogP contribution >= 0.6 is 11.3 Å². The monoisotopic (exact) mass is 270 g/mol. The highest BCUT2D eigenvalue weighted by atomic mass is 32.1. The first-order valence-corrected chi connectivity index (χ1v) is 6.50. The van der Waals surface area contributed by atoms with Gasteiger partial charge in [-0.15, -0.1) is 11.3 Å². The lowest BCUT2D eigenvalue weighted by molar-refractivity contribution is 0.0698. The molecule has 0 aromatic carbocycles. The second-order valence-corrected chi connectivity index (χ2v) is 4.99. The number of amides is 2. The minimum absolute atomic E-state index is 0.0658. The van der Waals surface area contributed by atoms with Crippen LogP contribution in [0.25, 0.3) is 0 Å². The van der Waals surface area contributed by atoms with Gasteiger partial charge in [0.25, 0.3) is 0 Å². The van der Waals surface area contributed by atoms with E-state index in [0.717, 1.165) is 12.8 Å². The molecule has 0 radical (unpaired) electrons. The van der Waals surface area contributed by atoms with E-state index in [0.29, 0.717) is 11.5 Å². The normalized spacial score (nSPS) is 18.9. The number of nitrogens with zero attached hydrogens (tertiary/aromatic N) is 1. The SMILES string of the molecule is O=C(O)c1ccsc1NC(=O)N1CCC[C@H]1CO. The number of rotatable bonds is 3. The van der Waals surface area contributed by atoms with Gasteiger partial charge in [-0.25, -0.2) is 9.59 Å². The summed E-state index contributed by atoms with van der Waals surface area (Å²) in [4.78, 5) is 24.4. The van der Waals surface area contributed by atoms with Gasteiger partial charge in [0.2, 0.25) is 0 Å². The molecule has 1 saturated heterocycles. The lowest BCUT2D eigenvalue weighted by Gasteiger charge is -2.23. The lowest BCUT2D eigenvalue weighted by atomic mass is 10.2. The van der Waals surface area contributed by atoms with Crippen molar-refractivity contribution in [3.8, 4) is 0 Å². The molecule has 1 aliphatic heterocycles. The summed E-state index contributed by atoms with van der Waals surface area (Å²) in [5.41, 5.74) is 0.0908. The second-order valence-electron chi connectivity index (χ2n) is 4.07. The van der Waals surface area contributed by atoms with Crippen molar-refractivity contribution < 1.29 is 19.8 Å². The molecule has 1 aromatic rings. The summed E-state index contributed by atoms with van der Waals surface area (Å²) in [7, 11) is 0. The van der Waals surface area contributed by atoms with Crippen LogP contribution < -0.4 is 5.32 Å². The molecule has 2 rings (SSSR count).